The van der Waals surface area contributed by atoms with Crippen molar-refractivity contribution in [3.63, 3.8) is 0 Å². The predicted octanol–water partition coefficient (Wildman–Crippen LogP) is 2.67. The number of pyridine rings is 1. The van der Waals surface area contributed by atoms with E-state index in [1.807, 2.05) is 24.3 Å². The Morgan fingerprint density at radius 1 is 1.33 bits per heavy atom. The van der Waals surface area contributed by atoms with E-state index in [0.717, 1.165) is 22.1 Å². The van der Waals surface area contributed by atoms with E-state index in [-0.39, 0.29) is 29.7 Å². The molecule has 8 nitrogen and oxygen atoms in total. The number of sulfonamides is 1. The Bertz CT molecular complexity index is 1150. The van der Waals surface area contributed by atoms with E-state index < -0.39 is 21.7 Å². The summed E-state index contributed by atoms with van der Waals surface area (Å²) in [5.74, 6) is -1.71. The molecule has 1 aliphatic heterocycles. The first-order chi connectivity index (χ1) is 12.9. The number of para-hydroxylation sites is 1. The molecule has 0 radical (unpaired) electrons. The zero-order valence-corrected chi connectivity index (χ0v) is 15.2. The number of hydrogen-bond donors (Lipinski definition) is 1. The third kappa shape index (κ3) is 2.99. The summed E-state index contributed by atoms with van der Waals surface area (Å²) < 4.78 is 36.3. The second kappa shape index (κ2) is 6.27. The highest BCUT2D eigenvalue weighted by atomic mass is 32.2. The fraction of sp³-hybridized carbons (Fsp3) is 0.222. The van der Waals surface area contributed by atoms with Crippen molar-refractivity contribution in [2.45, 2.75) is 13.3 Å². The zero-order chi connectivity index (χ0) is 19.2. The van der Waals surface area contributed by atoms with Crippen LogP contribution in [0.2, 0.25) is 0 Å². The van der Waals surface area contributed by atoms with Gasteiger partial charge in [-0.1, -0.05) is 18.2 Å². The molecule has 0 aliphatic carbocycles. The maximum Gasteiger partial charge on any atom is 0.308 e. The van der Waals surface area contributed by atoms with Gasteiger partial charge in [0.05, 0.1) is 11.3 Å². The molecule has 0 atom stereocenters. The maximum atomic E-state index is 12.3. The largest absolute Gasteiger partial charge is 0.502 e. The number of aromatic hydroxyl groups is 1. The number of aromatic nitrogens is 1. The molecule has 3 aromatic rings. The fourth-order valence-corrected chi connectivity index (χ4v) is 4.55. The molecule has 1 N–H and O–H groups in total. The fourth-order valence-electron chi connectivity index (χ4n) is 3.05. The van der Waals surface area contributed by atoms with Gasteiger partial charge in [-0.15, -0.1) is 0 Å². The van der Waals surface area contributed by atoms with Crippen molar-refractivity contribution in [2.24, 2.45) is 0 Å². The van der Waals surface area contributed by atoms with Crippen molar-refractivity contribution in [3.8, 4) is 22.8 Å². The first-order valence-electron chi connectivity index (χ1n) is 8.26. The van der Waals surface area contributed by atoms with Crippen LogP contribution in [0.1, 0.15) is 13.3 Å². The van der Waals surface area contributed by atoms with Crippen molar-refractivity contribution < 1.29 is 27.5 Å². The Morgan fingerprint density at radius 3 is 2.81 bits per heavy atom. The van der Waals surface area contributed by atoms with Crippen LogP contribution in [-0.2, 0) is 14.8 Å². The van der Waals surface area contributed by atoms with Gasteiger partial charge in [0.1, 0.15) is 0 Å². The normalized spacial score (nSPS) is 16.0. The monoisotopic (exact) mass is 388 g/mol. The van der Waals surface area contributed by atoms with E-state index in [4.69, 9.17) is 9.15 Å². The molecule has 0 spiro atoms. The van der Waals surface area contributed by atoms with Crippen LogP contribution in [-0.4, -0.2) is 36.8 Å². The average molecular weight is 388 g/mol. The van der Waals surface area contributed by atoms with Gasteiger partial charge in [-0.2, -0.15) is 0 Å². The van der Waals surface area contributed by atoms with Gasteiger partial charge in [0.25, 0.3) is 5.88 Å². The van der Waals surface area contributed by atoms with Crippen LogP contribution in [0, 0.1) is 0 Å². The van der Waals surface area contributed by atoms with Gasteiger partial charge in [0, 0.05) is 30.6 Å². The number of carbonyl (C=O) groups excluding carboxylic acids is 1. The molecule has 4 rings (SSSR count). The van der Waals surface area contributed by atoms with Gasteiger partial charge in [-0.3, -0.25) is 9.78 Å². The lowest BCUT2D eigenvalue weighted by Gasteiger charge is -2.14. The van der Waals surface area contributed by atoms with Crippen molar-refractivity contribution >= 4 is 32.8 Å². The van der Waals surface area contributed by atoms with E-state index in [0.29, 0.717) is 12.0 Å². The van der Waals surface area contributed by atoms with Gasteiger partial charge in [-0.25, -0.2) is 12.7 Å². The Morgan fingerprint density at radius 2 is 2.11 bits per heavy atom. The SMILES string of the molecule is CC(=O)Oc1c(N2CCCS2(=O)=O)oc(-c2cnc3ccccc3c2)c1O. The second-order valence-corrected chi connectivity index (χ2v) is 8.18. The first kappa shape index (κ1) is 17.3. The lowest BCUT2D eigenvalue weighted by atomic mass is 10.1. The van der Waals surface area contributed by atoms with Crippen LogP contribution >= 0.6 is 0 Å². The molecule has 0 unspecified atom stereocenters. The van der Waals surface area contributed by atoms with Crippen molar-refractivity contribution in [1.29, 1.82) is 0 Å². The van der Waals surface area contributed by atoms with Crippen LogP contribution in [0.15, 0.2) is 40.9 Å². The van der Waals surface area contributed by atoms with Gasteiger partial charge < -0.3 is 14.3 Å². The quantitative estimate of drug-likeness (QED) is 0.687. The van der Waals surface area contributed by atoms with Gasteiger partial charge in [0.15, 0.2) is 5.76 Å². The maximum absolute atomic E-state index is 12.3. The molecule has 0 saturated carbocycles. The molecule has 2 aromatic heterocycles. The van der Waals surface area contributed by atoms with Gasteiger partial charge >= 0.3 is 5.97 Å². The number of hydrogen-bond acceptors (Lipinski definition) is 7. The number of nitrogens with zero attached hydrogens (tertiary/aromatic N) is 2. The number of benzene rings is 1. The molecule has 0 amide bonds. The molecule has 27 heavy (non-hydrogen) atoms. The van der Waals surface area contributed by atoms with E-state index in [2.05, 4.69) is 4.98 Å². The number of fused-ring (bicyclic) bond motifs is 1. The highest BCUT2D eigenvalue weighted by molar-refractivity contribution is 7.93. The van der Waals surface area contributed by atoms with Gasteiger partial charge in [0.2, 0.25) is 21.5 Å². The summed E-state index contributed by atoms with van der Waals surface area (Å²) in [6, 6.07) is 9.15. The summed E-state index contributed by atoms with van der Waals surface area (Å²) in [6.45, 7) is 1.34. The predicted molar refractivity (Wildman–Crippen MR) is 98.2 cm³/mol. The van der Waals surface area contributed by atoms with E-state index >= 15 is 0 Å². The van der Waals surface area contributed by atoms with Crippen LogP contribution < -0.4 is 9.04 Å². The summed E-state index contributed by atoms with van der Waals surface area (Å²) >= 11 is 0. The molecular weight excluding hydrogens is 372 g/mol. The topological polar surface area (TPSA) is 110 Å². The molecule has 1 aliphatic rings. The molecule has 1 saturated heterocycles. The van der Waals surface area contributed by atoms with E-state index in [1.54, 1.807) is 6.07 Å². The summed E-state index contributed by atoms with van der Waals surface area (Å²) in [5.41, 5.74) is 1.19. The molecule has 1 aromatic carbocycles. The standard InChI is InChI=1S/C18H16N2O6S/c1-11(21)25-17-15(22)16(26-18(17)20-7-4-8-27(20,23)24)13-9-12-5-2-3-6-14(12)19-10-13/h2-3,5-6,9-10,22H,4,7-8H2,1H3. The number of furan rings is 1. The molecule has 0 bridgehead atoms. The van der Waals surface area contributed by atoms with Crippen LogP contribution in [0.4, 0.5) is 5.88 Å². The summed E-state index contributed by atoms with van der Waals surface area (Å²) in [7, 11) is -3.60. The Hall–Kier alpha value is -3.07. The van der Waals surface area contributed by atoms with Crippen molar-refractivity contribution in [1.82, 2.24) is 4.98 Å². The van der Waals surface area contributed by atoms with Crippen molar-refractivity contribution in [3.05, 3.63) is 36.5 Å². The zero-order valence-electron chi connectivity index (χ0n) is 14.4. The minimum atomic E-state index is -3.60. The first-order valence-corrected chi connectivity index (χ1v) is 9.87. The number of anilines is 1. The van der Waals surface area contributed by atoms with Crippen LogP contribution in [0.25, 0.3) is 22.2 Å². The number of ether oxygens (including phenoxy) is 1. The van der Waals surface area contributed by atoms with Crippen LogP contribution in [0.5, 0.6) is 11.5 Å². The number of carbonyl (C=O) groups is 1. The van der Waals surface area contributed by atoms with Crippen LogP contribution in [0.3, 0.4) is 0 Å². The van der Waals surface area contributed by atoms with Crippen molar-refractivity contribution in [2.75, 3.05) is 16.6 Å². The lowest BCUT2D eigenvalue weighted by Crippen LogP contribution is -2.25. The molecular formula is C18H16N2O6S. The van der Waals surface area contributed by atoms with E-state index in [9.17, 15) is 18.3 Å². The molecule has 9 heteroatoms. The number of esters is 1. The highest BCUT2D eigenvalue weighted by Crippen LogP contribution is 2.49. The van der Waals surface area contributed by atoms with Gasteiger partial charge in [-0.05, 0) is 18.6 Å². The minimum absolute atomic E-state index is 0.0124. The Balaban J connectivity index is 1.89. The number of rotatable bonds is 3. The Labute approximate surface area is 155 Å². The smallest absolute Gasteiger partial charge is 0.308 e. The summed E-state index contributed by atoms with van der Waals surface area (Å²) in [5, 5.41) is 11.4. The summed E-state index contributed by atoms with van der Waals surface area (Å²) in [4.78, 5) is 15.8. The Kier molecular flexibility index (Phi) is 4.03. The van der Waals surface area contributed by atoms with E-state index in [1.165, 1.54) is 6.20 Å². The molecule has 3 heterocycles. The third-order valence-electron chi connectivity index (χ3n) is 4.25. The molecule has 140 valence electrons. The highest BCUT2D eigenvalue weighted by Gasteiger charge is 2.37. The second-order valence-electron chi connectivity index (χ2n) is 6.17. The minimum Gasteiger partial charge on any atom is -0.502 e. The summed E-state index contributed by atoms with van der Waals surface area (Å²) in [6.07, 6.45) is 1.91. The lowest BCUT2D eigenvalue weighted by molar-refractivity contribution is -0.132. The third-order valence-corrected chi connectivity index (χ3v) is 6.07. The molecule has 1 fully saturated rings. The average Bonchev–Trinajstić information content (AvgIpc) is 3.13.